The Hall–Kier alpha value is -2.73. The summed E-state index contributed by atoms with van der Waals surface area (Å²) < 4.78 is 15.3. The Bertz CT molecular complexity index is 926. The van der Waals surface area contributed by atoms with E-state index in [2.05, 4.69) is 14.5 Å². The minimum absolute atomic E-state index is 0.152. The first kappa shape index (κ1) is 15.8. The van der Waals surface area contributed by atoms with Gasteiger partial charge in [0.25, 0.3) is 0 Å². The summed E-state index contributed by atoms with van der Waals surface area (Å²) >= 11 is 0. The van der Waals surface area contributed by atoms with Crippen LogP contribution in [0.4, 0.5) is 4.39 Å². The van der Waals surface area contributed by atoms with E-state index in [1.54, 1.807) is 30.7 Å². The molecule has 0 bridgehead atoms. The third kappa shape index (κ3) is 3.00. The van der Waals surface area contributed by atoms with E-state index in [1.807, 2.05) is 0 Å². The highest BCUT2D eigenvalue weighted by molar-refractivity contribution is 5.78. The zero-order chi connectivity index (χ0) is 17.4. The summed E-state index contributed by atoms with van der Waals surface area (Å²) in [6.07, 6.45) is 5.44. The van der Waals surface area contributed by atoms with Crippen LogP contribution in [0.25, 0.3) is 22.5 Å². The van der Waals surface area contributed by atoms with Gasteiger partial charge in [0.2, 0.25) is 5.56 Å². The number of nitrogens with zero attached hydrogens (tertiary/aromatic N) is 2. The van der Waals surface area contributed by atoms with Crippen LogP contribution in [0.3, 0.4) is 0 Å². The van der Waals surface area contributed by atoms with Crippen molar-refractivity contribution in [3.05, 3.63) is 65.1 Å². The molecular weight excluding hydrogens is 321 g/mol. The van der Waals surface area contributed by atoms with Crippen molar-refractivity contribution in [1.29, 1.82) is 0 Å². The Kier molecular flexibility index (Phi) is 3.97. The Morgan fingerprint density at radius 1 is 1.12 bits per heavy atom. The maximum atomic E-state index is 13.3. The number of rotatable bonds is 3. The fraction of sp³-hybridized carbons (Fsp3) is 0.263. The second kappa shape index (κ2) is 6.29. The predicted octanol–water partition coefficient (Wildman–Crippen LogP) is 3.13. The van der Waals surface area contributed by atoms with E-state index >= 15 is 0 Å². The largest absolute Gasteiger partial charge is 0.393 e. The molecule has 0 saturated heterocycles. The topological polar surface area (TPSA) is 70.9 Å². The van der Waals surface area contributed by atoms with Gasteiger partial charge in [-0.3, -0.25) is 4.79 Å². The van der Waals surface area contributed by atoms with E-state index < -0.39 is 0 Å². The number of pyridine rings is 1. The number of aliphatic hydroxyl groups is 1. The van der Waals surface area contributed by atoms with Crippen LogP contribution in [0, 0.1) is 5.82 Å². The molecule has 4 rings (SSSR count). The highest BCUT2D eigenvalue weighted by Crippen LogP contribution is 2.38. The molecule has 0 aliphatic heterocycles. The SMILES string of the molecule is O=c1ccc(-c2c(-c3ccc(F)cc3)ncn2[C@@H]2CC[C@H](O)C2)c[nH]1. The summed E-state index contributed by atoms with van der Waals surface area (Å²) in [6, 6.07) is 9.59. The monoisotopic (exact) mass is 339 g/mol. The molecule has 1 fully saturated rings. The second-order valence-corrected chi connectivity index (χ2v) is 6.42. The highest BCUT2D eigenvalue weighted by atomic mass is 19.1. The summed E-state index contributed by atoms with van der Waals surface area (Å²) in [4.78, 5) is 18.7. The van der Waals surface area contributed by atoms with Gasteiger partial charge in [-0.1, -0.05) is 0 Å². The molecule has 0 unspecified atom stereocenters. The van der Waals surface area contributed by atoms with Crippen molar-refractivity contribution in [3.8, 4) is 22.5 Å². The smallest absolute Gasteiger partial charge is 0.247 e. The van der Waals surface area contributed by atoms with E-state index in [0.29, 0.717) is 6.42 Å². The molecule has 2 N–H and O–H groups in total. The van der Waals surface area contributed by atoms with Gasteiger partial charge >= 0.3 is 0 Å². The molecule has 5 nitrogen and oxygen atoms in total. The molecule has 1 aromatic carbocycles. The number of H-pyrrole nitrogens is 1. The van der Waals surface area contributed by atoms with Crippen LogP contribution in [-0.4, -0.2) is 25.7 Å². The first-order chi connectivity index (χ1) is 12.1. The average molecular weight is 339 g/mol. The van der Waals surface area contributed by atoms with E-state index in [-0.39, 0.29) is 23.5 Å². The van der Waals surface area contributed by atoms with Crippen molar-refractivity contribution in [3.63, 3.8) is 0 Å². The van der Waals surface area contributed by atoms with Crippen LogP contribution < -0.4 is 5.56 Å². The van der Waals surface area contributed by atoms with Crippen molar-refractivity contribution >= 4 is 0 Å². The van der Waals surface area contributed by atoms with Gasteiger partial charge < -0.3 is 14.7 Å². The van der Waals surface area contributed by atoms with Gasteiger partial charge in [-0.05, 0) is 49.6 Å². The van der Waals surface area contributed by atoms with Gasteiger partial charge in [0.05, 0.1) is 23.8 Å². The van der Waals surface area contributed by atoms with Crippen LogP contribution in [0.1, 0.15) is 25.3 Å². The number of aromatic amines is 1. The number of imidazole rings is 1. The summed E-state index contributed by atoms with van der Waals surface area (Å²) in [7, 11) is 0. The lowest BCUT2D eigenvalue weighted by Gasteiger charge is -2.16. The molecular formula is C19H18FN3O2. The lowest BCUT2D eigenvalue weighted by molar-refractivity contribution is 0.178. The van der Waals surface area contributed by atoms with Crippen molar-refractivity contribution in [1.82, 2.24) is 14.5 Å². The van der Waals surface area contributed by atoms with E-state index in [0.717, 1.165) is 35.4 Å². The maximum Gasteiger partial charge on any atom is 0.247 e. The molecule has 0 spiro atoms. The van der Waals surface area contributed by atoms with Gasteiger partial charge in [-0.15, -0.1) is 0 Å². The second-order valence-electron chi connectivity index (χ2n) is 6.42. The molecule has 2 heterocycles. The number of aromatic nitrogens is 3. The van der Waals surface area contributed by atoms with E-state index in [9.17, 15) is 14.3 Å². The number of hydrogen-bond acceptors (Lipinski definition) is 3. The minimum Gasteiger partial charge on any atom is -0.393 e. The summed E-state index contributed by atoms with van der Waals surface area (Å²) in [5.41, 5.74) is 3.06. The van der Waals surface area contributed by atoms with Crippen LogP contribution >= 0.6 is 0 Å². The first-order valence-corrected chi connectivity index (χ1v) is 8.32. The fourth-order valence-corrected chi connectivity index (χ4v) is 3.49. The van der Waals surface area contributed by atoms with Crippen molar-refractivity contribution in [2.75, 3.05) is 0 Å². The van der Waals surface area contributed by atoms with Crippen LogP contribution in [-0.2, 0) is 0 Å². The molecule has 1 aliphatic rings. The zero-order valence-electron chi connectivity index (χ0n) is 13.5. The molecule has 0 amide bonds. The van der Waals surface area contributed by atoms with E-state index in [4.69, 9.17) is 0 Å². The first-order valence-electron chi connectivity index (χ1n) is 8.32. The van der Waals surface area contributed by atoms with Crippen molar-refractivity contribution in [2.45, 2.75) is 31.4 Å². The number of benzene rings is 1. The quantitative estimate of drug-likeness (QED) is 0.770. The molecule has 1 saturated carbocycles. The number of nitrogens with one attached hydrogen (secondary N) is 1. The molecule has 1 aliphatic carbocycles. The molecule has 2 atom stereocenters. The lowest BCUT2D eigenvalue weighted by Crippen LogP contribution is -2.09. The Morgan fingerprint density at radius 3 is 2.52 bits per heavy atom. The molecule has 6 heteroatoms. The normalized spacial score (nSPS) is 20.1. The van der Waals surface area contributed by atoms with Gasteiger partial charge in [0.1, 0.15) is 5.82 Å². The van der Waals surface area contributed by atoms with E-state index in [1.165, 1.54) is 18.2 Å². The molecule has 3 aromatic rings. The van der Waals surface area contributed by atoms with Gasteiger partial charge in [0.15, 0.2) is 0 Å². The van der Waals surface area contributed by atoms with Crippen molar-refractivity contribution < 1.29 is 9.50 Å². The lowest BCUT2D eigenvalue weighted by atomic mass is 10.1. The Morgan fingerprint density at radius 2 is 1.88 bits per heavy atom. The Balaban J connectivity index is 1.86. The third-order valence-electron chi connectivity index (χ3n) is 4.74. The van der Waals surface area contributed by atoms with Gasteiger partial charge in [-0.2, -0.15) is 0 Å². The number of halogens is 1. The van der Waals surface area contributed by atoms with Gasteiger partial charge in [-0.25, -0.2) is 9.37 Å². The molecule has 128 valence electrons. The van der Waals surface area contributed by atoms with Crippen molar-refractivity contribution in [2.24, 2.45) is 0 Å². The fourth-order valence-electron chi connectivity index (χ4n) is 3.49. The van der Waals surface area contributed by atoms with Crippen LogP contribution in [0.15, 0.2) is 53.7 Å². The van der Waals surface area contributed by atoms with Gasteiger partial charge in [0, 0.05) is 29.4 Å². The zero-order valence-corrected chi connectivity index (χ0v) is 13.5. The standard InChI is InChI=1S/C19H18FN3O2/c20-14-4-1-12(2-5-14)18-19(13-3-8-17(25)21-10-13)23(11-22-18)15-6-7-16(24)9-15/h1-5,8,10-11,15-16,24H,6-7,9H2,(H,21,25)/t15-,16+/m1/s1. The predicted molar refractivity (Wildman–Crippen MR) is 92.6 cm³/mol. The summed E-state index contributed by atoms with van der Waals surface area (Å²) in [5.74, 6) is -0.298. The molecule has 25 heavy (non-hydrogen) atoms. The average Bonchev–Trinajstić information content (AvgIpc) is 3.22. The third-order valence-corrected chi connectivity index (χ3v) is 4.74. The maximum absolute atomic E-state index is 13.3. The van der Waals surface area contributed by atoms with Crippen LogP contribution in [0.2, 0.25) is 0 Å². The molecule has 0 radical (unpaired) electrons. The number of hydrogen-bond donors (Lipinski definition) is 2. The van der Waals surface area contributed by atoms with Crippen LogP contribution in [0.5, 0.6) is 0 Å². The number of aliphatic hydroxyl groups excluding tert-OH is 1. The minimum atomic E-state index is -0.301. The summed E-state index contributed by atoms with van der Waals surface area (Å²) in [6.45, 7) is 0. The Labute approximate surface area is 143 Å². The highest BCUT2D eigenvalue weighted by Gasteiger charge is 2.27. The summed E-state index contributed by atoms with van der Waals surface area (Å²) in [5, 5.41) is 9.89. The molecule has 2 aromatic heterocycles.